The van der Waals surface area contributed by atoms with Gasteiger partial charge in [-0.2, -0.15) is 0 Å². The van der Waals surface area contributed by atoms with Crippen LogP contribution in [0.5, 0.6) is 5.75 Å². The third kappa shape index (κ3) is 6.73. The molecule has 0 fully saturated rings. The number of aryl methyl sites for hydroxylation is 1. The summed E-state index contributed by atoms with van der Waals surface area (Å²) in [6, 6.07) is 18.9. The van der Waals surface area contributed by atoms with E-state index in [2.05, 4.69) is 51.1 Å². The second-order valence-electron chi connectivity index (χ2n) is 10.6. The molecule has 5 nitrogen and oxygen atoms in total. The van der Waals surface area contributed by atoms with Gasteiger partial charge in [-0.05, 0) is 59.7 Å². The van der Waals surface area contributed by atoms with Gasteiger partial charge in [-0.15, -0.1) is 0 Å². The van der Waals surface area contributed by atoms with E-state index in [1.54, 1.807) is 0 Å². The number of hydrogen-bond donors (Lipinski definition) is 1. The highest BCUT2D eigenvalue weighted by molar-refractivity contribution is 6.31. The van der Waals surface area contributed by atoms with Crippen molar-refractivity contribution in [2.45, 2.75) is 64.5 Å². The van der Waals surface area contributed by atoms with E-state index in [4.69, 9.17) is 16.3 Å². The molecule has 200 valence electrons. The van der Waals surface area contributed by atoms with Crippen molar-refractivity contribution in [3.63, 3.8) is 0 Å². The first kappa shape index (κ1) is 27.6. The summed E-state index contributed by atoms with van der Waals surface area (Å²) in [6.07, 6.45) is 2.07. The molecule has 0 saturated heterocycles. The molecule has 0 bridgehead atoms. The molecular weight excluding hydrogens is 505 g/mol. The Hall–Kier alpha value is -3.38. The molecule has 0 radical (unpaired) electrons. The van der Waals surface area contributed by atoms with E-state index in [1.807, 2.05) is 12.1 Å². The number of aliphatic carboxylic acids is 1. The Kier molecular flexibility index (Phi) is 8.41. The number of amides is 1. The highest BCUT2D eigenvalue weighted by Gasteiger charge is 2.35. The van der Waals surface area contributed by atoms with Crippen molar-refractivity contribution < 1.29 is 23.8 Å². The van der Waals surface area contributed by atoms with Crippen LogP contribution in [-0.2, 0) is 35.4 Å². The van der Waals surface area contributed by atoms with Crippen molar-refractivity contribution in [3.05, 3.63) is 99.3 Å². The minimum Gasteiger partial charge on any atom is -0.487 e. The highest BCUT2D eigenvalue weighted by Crippen LogP contribution is 2.38. The van der Waals surface area contributed by atoms with Gasteiger partial charge in [-0.25, -0.2) is 4.39 Å². The zero-order valence-electron chi connectivity index (χ0n) is 22.0. The van der Waals surface area contributed by atoms with E-state index < -0.39 is 18.3 Å². The molecule has 0 unspecified atom stereocenters. The molecule has 3 aromatic rings. The van der Waals surface area contributed by atoms with Crippen LogP contribution in [0.4, 0.5) is 4.39 Å². The van der Waals surface area contributed by atoms with Gasteiger partial charge in [-0.1, -0.05) is 67.9 Å². The zero-order valence-corrected chi connectivity index (χ0v) is 22.7. The van der Waals surface area contributed by atoms with Crippen LogP contribution in [0.2, 0.25) is 5.02 Å². The maximum atomic E-state index is 14.3. The lowest BCUT2D eigenvalue weighted by Crippen LogP contribution is -2.35. The minimum atomic E-state index is -1.17. The SMILES string of the molecule is CC(C)c1ccc(C[C@]2(C)Cc3cc(CCC(=O)N(CC(=O)O)Cc4c(F)cccc4Cl)ccc3O2)cc1. The van der Waals surface area contributed by atoms with Crippen LogP contribution < -0.4 is 4.74 Å². The van der Waals surface area contributed by atoms with Crippen molar-refractivity contribution in [3.8, 4) is 5.75 Å². The van der Waals surface area contributed by atoms with E-state index in [-0.39, 0.29) is 35.1 Å². The Morgan fingerprint density at radius 1 is 1.11 bits per heavy atom. The van der Waals surface area contributed by atoms with E-state index in [9.17, 15) is 19.1 Å². The van der Waals surface area contributed by atoms with Crippen molar-refractivity contribution in [1.82, 2.24) is 4.90 Å². The van der Waals surface area contributed by atoms with Gasteiger partial charge in [0.05, 0.1) is 6.54 Å². The summed E-state index contributed by atoms with van der Waals surface area (Å²) < 4.78 is 20.6. The summed E-state index contributed by atoms with van der Waals surface area (Å²) in [5.41, 5.74) is 4.35. The van der Waals surface area contributed by atoms with Crippen LogP contribution in [0.1, 0.15) is 60.9 Å². The first-order valence-electron chi connectivity index (χ1n) is 12.8. The summed E-state index contributed by atoms with van der Waals surface area (Å²) in [6.45, 7) is 5.74. The molecule has 1 amide bonds. The van der Waals surface area contributed by atoms with Crippen molar-refractivity contribution in [1.29, 1.82) is 0 Å². The molecule has 1 atom stereocenters. The number of carbonyl (C=O) groups excluding carboxylic acids is 1. The van der Waals surface area contributed by atoms with Gasteiger partial charge in [0.25, 0.3) is 0 Å². The molecule has 38 heavy (non-hydrogen) atoms. The second kappa shape index (κ2) is 11.6. The Labute approximate surface area is 228 Å². The average molecular weight is 538 g/mol. The standard InChI is InChI=1S/C31H33ClFNO4/c1-20(2)23-11-7-22(8-12-23)16-31(3)17-24-15-21(9-13-28(24)38-31)10-14-29(35)34(19-30(36)37)18-25-26(32)5-4-6-27(25)33/h4-9,11-13,15,20H,10,14,16-19H2,1-3H3,(H,36,37)/t31-/m1/s1. The topological polar surface area (TPSA) is 66.8 Å². The molecule has 0 aromatic heterocycles. The van der Waals surface area contributed by atoms with Crippen LogP contribution in [-0.4, -0.2) is 34.0 Å². The predicted octanol–water partition coefficient (Wildman–Crippen LogP) is 6.58. The lowest BCUT2D eigenvalue weighted by molar-refractivity contribution is -0.144. The lowest BCUT2D eigenvalue weighted by Gasteiger charge is -2.24. The molecule has 1 aliphatic heterocycles. The Morgan fingerprint density at radius 2 is 1.82 bits per heavy atom. The smallest absolute Gasteiger partial charge is 0.323 e. The number of ether oxygens (including phenoxy) is 1. The maximum absolute atomic E-state index is 14.3. The molecule has 0 spiro atoms. The number of rotatable bonds is 10. The first-order valence-corrected chi connectivity index (χ1v) is 13.2. The third-order valence-electron chi connectivity index (χ3n) is 6.99. The van der Waals surface area contributed by atoms with E-state index in [1.165, 1.54) is 29.3 Å². The Morgan fingerprint density at radius 3 is 2.47 bits per heavy atom. The molecule has 1 aliphatic rings. The van der Waals surface area contributed by atoms with Gasteiger partial charge in [0, 0.05) is 29.8 Å². The van der Waals surface area contributed by atoms with Crippen LogP contribution in [0, 0.1) is 5.82 Å². The van der Waals surface area contributed by atoms with Gasteiger partial charge in [0.1, 0.15) is 23.7 Å². The number of nitrogens with zero attached hydrogens (tertiary/aromatic N) is 1. The minimum absolute atomic E-state index is 0.0957. The van der Waals surface area contributed by atoms with E-state index in [0.717, 1.165) is 34.6 Å². The number of carboxylic acids is 1. The lowest BCUT2D eigenvalue weighted by atomic mass is 9.90. The summed E-state index contributed by atoms with van der Waals surface area (Å²) in [4.78, 5) is 25.5. The number of halogens is 2. The molecule has 1 N–H and O–H groups in total. The van der Waals surface area contributed by atoms with Gasteiger partial charge in [-0.3, -0.25) is 9.59 Å². The molecule has 0 aliphatic carbocycles. The van der Waals surface area contributed by atoms with Crippen molar-refractivity contribution >= 4 is 23.5 Å². The zero-order chi connectivity index (χ0) is 27.4. The first-order chi connectivity index (χ1) is 18.0. The molecule has 1 heterocycles. The van der Waals surface area contributed by atoms with Crippen LogP contribution in [0.15, 0.2) is 60.7 Å². The normalized spacial score (nSPS) is 16.3. The number of fused-ring (bicyclic) bond motifs is 1. The van der Waals surface area contributed by atoms with Crippen LogP contribution >= 0.6 is 11.6 Å². The fourth-order valence-corrected chi connectivity index (χ4v) is 5.18. The van der Waals surface area contributed by atoms with Crippen molar-refractivity contribution in [2.24, 2.45) is 0 Å². The van der Waals surface area contributed by atoms with Gasteiger partial charge in [0.15, 0.2) is 0 Å². The number of carboxylic acid groups (broad SMARTS) is 1. The van der Waals surface area contributed by atoms with E-state index >= 15 is 0 Å². The number of benzene rings is 3. The van der Waals surface area contributed by atoms with Crippen LogP contribution in [0.25, 0.3) is 0 Å². The molecule has 7 heteroatoms. The van der Waals surface area contributed by atoms with Gasteiger partial charge < -0.3 is 14.7 Å². The molecule has 0 saturated carbocycles. The molecule has 4 rings (SSSR count). The van der Waals surface area contributed by atoms with Gasteiger partial charge >= 0.3 is 5.97 Å². The number of hydrogen-bond acceptors (Lipinski definition) is 3. The quantitative estimate of drug-likeness (QED) is 0.317. The van der Waals surface area contributed by atoms with Crippen molar-refractivity contribution in [2.75, 3.05) is 6.54 Å². The largest absolute Gasteiger partial charge is 0.487 e. The third-order valence-corrected chi connectivity index (χ3v) is 7.34. The predicted molar refractivity (Wildman–Crippen MR) is 146 cm³/mol. The van der Waals surface area contributed by atoms with Gasteiger partial charge in [0.2, 0.25) is 5.91 Å². The summed E-state index contributed by atoms with van der Waals surface area (Å²) in [5, 5.41) is 9.46. The van der Waals surface area contributed by atoms with E-state index in [0.29, 0.717) is 12.3 Å². The summed E-state index contributed by atoms with van der Waals surface area (Å²) in [5.74, 6) is -0.775. The second-order valence-corrected chi connectivity index (χ2v) is 11.0. The highest BCUT2D eigenvalue weighted by atomic mass is 35.5. The summed E-state index contributed by atoms with van der Waals surface area (Å²) in [7, 11) is 0. The number of carbonyl (C=O) groups is 2. The molecular formula is C31H33ClFNO4. The summed E-state index contributed by atoms with van der Waals surface area (Å²) >= 11 is 6.10. The van der Waals surface area contributed by atoms with Crippen LogP contribution in [0.3, 0.4) is 0 Å². The average Bonchev–Trinajstić information content (AvgIpc) is 3.19. The Bertz CT molecular complexity index is 1300. The molecule has 3 aromatic carbocycles. The monoisotopic (exact) mass is 537 g/mol. The Balaban J connectivity index is 1.39. The maximum Gasteiger partial charge on any atom is 0.323 e. The fraction of sp³-hybridized carbons (Fsp3) is 0.355. The fourth-order valence-electron chi connectivity index (χ4n) is 4.96.